The van der Waals surface area contributed by atoms with Gasteiger partial charge in [-0.05, 0) is 76.7 Å². The summed E-state index contributed by atoms with van der Waals surface area (Å²) in [7, 11) is 6.16. The number of nitrogens with one attached hydrogen (secondary N) is 2. The number of fused-ring (bicyclic) bond motifs is 3. The number of aromatic hydroxyl groups is 1. The summed E-state index contributed by atoms with van der Waals surface area (Å²) in [6, 6.07) is 1.29. The molecule has 19 heteroatoms. The number of benzene rings is 2. The first-order chi connectivity index (χ1) is 23.4. The number of phenols is 1. The van der Waals surface area contributed by atoms with Crippen LogP contribution in [0, 0.1) is 11.8 Å². The van der Waals surface area contributed by atoms with Gasteiger partial charge in [-0.2, -0.15) is 26.3 Å². The second-order valence-corrected chi connectivity index (χ2v) is 13.3. The molecule has 2 aromatic rings. The van der Waals surface area contributed by atoms with Crippen LogP contribution in [-0.4, -0.2) is 92.6 Å². The van der Waals surface area contributed by atoms with E-state index < -0.39 is 110 Å². The van der Waals surface area contributed by atoms with Crippen LogP contribution in [0.4, 0.5) is 37.7 Å². The molecule has 274 valence electrons. The average molecular weight is 744 g/mol. The summed E-state index contributed by atoms with van der Waals surface area (Å²) in [6.45, 7) is 0. The molecule has 3 unspecified atom stereocenters. The SMILES string of the molecule is CN(C)C1c2ccc(NC(=S)Nc3cc(C(F)(F)F)cc(C(F)(F)F)c3)c(O)c2C(O)=C2C(=O)[C@]3(O)C(O)=C(C(N)=O)C(=O)[C@@H](N(C)C)C3CC21. The summed E-state index contributed by atoms with van der Waals surface area (Å²) in [5.41, 5.74) is -3.30. The van der Waals surface area contributed by atoms with Crippen LogP contribution in [0.3, 0.4) is 0 Å². The third kappa shape index (κ3) is 6.06. The number of halogens is 6. The summed E-state index contributed by atoms with van der Waals surface area (Å²) in [5.74, 6) is -8.74. The molecule has 2 aromatic carbocycles. The van der Waals surface area contributed by atoms with E-state index in [9.17, 15) is 61.2 Å². The Morgan fingerprint density at radius 2 is 1.47 bits per heavy atom. The summed E-state index contributed by atoms with van der Waals surface area (Å²) >= 11 is 5.11. The van der Waals surface area contributed by atoms with E-state index >= 15 is 0 Å². The molecular weight excluding hydrogens is 712 g/mol. The predicted molar refractivity (Wildman–Crippen MR) is 173 cm³/mol. The number of aliphatic hydroxyl groups excluding tert-OH is 2. The number of aliphatic hydroxyl groups is 3. The number of hydrogen-bond donors (Lipinski definition) is 7. The topological polar surface area (TPSA) is 189 Å². The molecule has 0 saturated heterocycles. The Morgan fingerprint density at radius 1 is 0.922 bits per heavy atom. The molecule has 1 amide bonds. The van der Waals surface area contributed by atoms with Crippen molar-refractivity contribution in [2.24, 2.45) is 17.6 Å². The van der Waals surface area contributed by atoms with Gasteiger partial charge in [-0.3, -0.25) is 19.3 Å². The highest BCUT2D eigenvalue weighted by Crippen LogP contribution is 2.57. The monoisotopic (exact) mass is 743 g/mol. The number of alkyl halides is 6. The lowest BCUT2D eigenvalue weighted by atomic mass is 9.56. The Kier molecular flexibility index (Phi) is 9.20. The van der Waals surface area contributed by atoms with Crippen LogP contribution >= 0.6 is 12.2 Å². The number of likely N-dealkylation sites (N-methyl/N-ethyl adjacent to an activating group) is 1. The number of carbonyl (C=O) groups excluding carboxylic acids is 3. The van der Waals surface area contributed by atoms with E-state index in [1.165, 1.54) is 31.1 Å². The predicted octanol–water partition coefficient (Wildman–Crippen LogP) is 3.87. The molecule has 5 atom stereocenters. The van der Waals surface area contributed by atoms with E-state index in [-0.39, 0.29) is 29.3 Å². The molecule has 1 fully saturated rings. The zero-order valence-corrected chi connectivity index (χ0v) is 27.9. The maximum Gasteiger partial charge on any atom is 0.416 e. The lowest BCUT2D eigenvalue weighted by molar-refractivity contribution is -0.155. The van der Waals surface area contributed by atoms with E-state index in [0.29, 0.717) is 12.1 Å². The molecule has 0 aliphatic heterocycles. The molecule has 51 heavy (non-hydrogen) atoms. The van der Waals surface area contributed by atoms with Crippen molar-refractivity contribution in [3.63, 3.8) is 0 Å². The van der Waals surface area contributed by atoms with Crippen LogP contribution in [0.2, 0.25) is 0 Å². The lowest BCUT2D eigenvalue weighted by Gasteiger charge is -2.52. The second-order valence-electron chi connectivity index (χ2n) is 12.9. The zero-order valence-electron chi connectivity index (χ0n) is 27.1. The standard InChI is InChI=1S/C32H31F6N5O7S/c1-42(2)21-14-5-6-17(41-29(51)40-13-8-11(31(33,34)35)7-12(9-13)32(36,37)38)23(44)18(14)24(45)19-15(21)10-16-22(43(3)4)25(46)20(28(39)49)27(48)30(16,50)26(19)47/h5-9,15-16,21-22,44-45,48,50H,10H2,1-4H3,(H2,39,49)(H2,40,41,51)/t15?,16?,21?,22-,30-/m0/s1. The number of anilines is 2. The van der Waals surface area contributed by atoms with Gasteiger partial charge in [0.05, 0.1) is 28.4 Å². The molecule has 0 spiro atoms. The first-order valence-corrected chi connectivity index (χ1v) is 15.4. The van der Waals surface area contributed by atoms with E-state index in [1.807, 2.05) is 0 Å². The van der Waals surface area contributed by atoms with Crippen molar-refractivity contribution in [3.8, 4) is 5.75 Å². The van der Waals surface area contributed by atoms with Crippen LogP contribution in [0.1, 0.15) is 34.7 Å². The van der Waals surface area contributed by atoms with Crippen LogP contribution in [0.15, 0.2) is 47.2 Å². The number of nitrogens with zero attached hydrogens (tertiary/aromatic N) is 2. The van der Waals surface area contributed by atoms with Gasteiger partial charge >= 0.3 is 12.4 Å². The number of primary amides is 1. The zero-order chi connectivity index (χ0) is 38.3. The minimum Gasteiger partial charge on any atom is -0.508 e. The van der Waals surface area contributed by atoms with E-state index in [1.54, 1.807) is 19.0 Å². The number of thiocarbonyl (C=S) groups is 1. The van der Waals surface area contributed by atoms with Crippen LogP contribution in [0.5, 0.6) is 5.75 Å². The number of carbonyl (C=O) groups is 3. The molecule has 0 aromatic heterocycles. The minimum absolute atomic E-state index is 0.0665. The number of phenolic OH excluding ortho intramolecular Hbond substituents is 1. The van der Waals surface area contributed by atoms with Crippen molar-refractivity contribution >= 4 is 51.9 Å². The summed E-state index contributed by atoms with van der Waals surface area (Å²) in [5, 5.41) is 50.1. The van der Waals surface area contributed by atoms with Crippen LogP contribution in [-0.2, 0) is 26.7 Å². The van der Waals surface area contributed by atoms with Crippen molar-refractivity contribution in [1.29, 1.82) is 0 Å². The van der Waals surface area contributed by atoms with Gasteiger partial charge in [-0.15, -0.1) is 0 Å². The Morgan fingerprint density at radius 3 is 1.96 bits per heavy atom. The number of Topliss-reactive ketones (excluding diaryl/α,β-unsaturated/α-hetero) is 2. The van der Waals surface area contributed by atoms with Crippen molar-refractivity contribution in [2.45, 2.75) is 36.5 Å². The Balaban J connectivity index is 1.59. The molecule has 0 heterocycles. The Hall–Kier alpha value is -4.72. The first kappa shape index (κ1) is 37.5. The molecule has 3 aliphatic rings. The molecule has 5 rings (SSSR count). The second kappa shape index (κ2) is 12.5. The quantitative estimate of drug-likeness (QED) is 0.102. The van der Waals surface area contributed by atoms with Crippen molar-refractivity contribution in [3.05, 3.63) is 69.5 Å². The smallest absolute Gasteiger partial charge is 0.416 e. The van der Waals surface area contributed by atoms with Gasteiger partial charge in [-0.25, -0.2) is 0 Å². The highest BCUT2D eigenvalue weighted by molar-refractivity contribution is 7.80. The minimum atomic E-state index is -5.13. The average Bonchev–Trinajstić information content (AvgIpc) is 2.98. The number of hydrogen-bond acceptors (Lipinski definition) is 10. The summed E-state index contributed by atoms with van der Waals surface area (Å²) in [4.78, 5) is 42.9. The third-order valence-corrected chi connectivity index (χ3v) is 9.56. The first-order valence-electron chi connectivity index (χ1n) is 15.0. The van der Waals surface area contributed by atoms with E-state index in [4.69, 9.17) is 18.0 Å². The normalized spacial score (nSPS) is 25.1. The van der Waals surface area contributed by atoms with E-state index in [0.717, 1.165) is 0 Å². The van der Waals surface area contributed by atoms with Crippen LogP contribution < -0.4 is 16.4 Å². The molecule has 8 N–H and O–H groups in total. The van der Waals surface area contributed by atoms with Gasteiger partial charge in [0.2, 0.25) is 5.78 Å². The fourth-order valence-corrected chi connectivity index (χ4v) is 7.52. The number of nitrogens with two attached hydrogens (primary N) is 1. The van der Waals surface area contributed by atoms with Crippen LogP contribution in [0.25, 0.3) is 5.76 Å². The maximum atomic E-state index is 14.3. The van der Waals surface area contributed by atoms with Crippen molar-refractivity contribution < 1.29 is 61.2 Å². The molecular formula is C32H31F6N5O7S. The molecule has 0 bridgehead atoms. The maximum absolute atomic E-state index is 14.3. The fourth-order valence-electron chi connectivity index (χ4n) is 7.29. The van der Waals surface area contributed by atoms with Gasteiger partial charge in [0.1, 0.15) is 22.8 Å². The van der Waals surface area contributed by atoms with E-state index in [2.05, 4.69) is 10.6 Å². The molecule has 0 radical (unpaired) electrons. The Bertz CT molecular complexity index is 1910. The number of amides is 1. The lowest BCUT2D eigenvalue weighted by Crippen LogP contribution is -2.66. The largest absolute Gasteiger partial charge is 0.508 e. The highest BCUT2D eigenvalue weighted by atomic mass is 32.1. The highest BCUT2D eigenvalue weighted by Gasteiger charge is 2.65. The number of rotatable bonds is 5. The molecule has 12 nitrogen and oxygen atoms in total. The van der Waals surface area contributed by atoms with Gasteiger partial charge in [0, 0.05) is 29.1 Å². The van der Waals surface area contributed by atoms with Crippen molar-refractivity contribution in [2.75, 3.05) is 38.8 Å². The van der Waals surface area contributed by atoms with Gasteiger partial charge in [-0.1, -0.05) is 6.07 Å². The van der Waals surface area contributed by atoms with Gasteiger partial charge in [0.25, 0.3) is 5.91 Å². The summed E-state index contributed by atoms with van der Waals surface area (Å²) in [6.07, 6.45) is -10.5. The fraction of sp³-hybridized carbons (Fsp3) is 0.375. The third-order valence-electron chi connectivity index (χ3n) is 9.35. The Labute approximate surface area is 290 Å². The summed E-state index contributed by atoms with van der Waals surface area (Å²) < 4.78 is 80.2. The number of ketones is 2. The molecule has 1 saturated carbocycles. The molecule has 3 aliphatic carbocycles. The van der Waals surface area contributed by atoms with Gasteiger partial charge in [0.15, 0.2) is 16.5 Å². The van der Waals surface area contributed by atoms with Crippen molar-refractivity contribution in [1.82, 2.24) is 9.80 Å². The van der Waals surface area contributed by atoms with Gasteiger partial charge < -0.3 is 41.7 Å².